The summed E-state index contributed by atoms with van der Waals surface area (Å²) in [5.74, 6) is -0.199. The molecule has 0 amide bonds. The molecule has 0 spiro atoms. The molecular formula is C13H10Br2FN. The monoisotopic (exact) mass is 357 g/mol. The van der Waals surface area contributed by atoms with Crippen LogP contribution >= 0.6 is 31.9 Å². The lowest BCUT2D eigenvalue weighted by Gasteiger charge is -2.11. The maximum atomic E-state index is 13.7. The Morgan fingerprint density at radius 3 is 2.53 bits per heavy atom. The summed E-state index contributed by atoms with van der Waals surface area (Å²) in [6, 6.07) is 8.99. The molecule has 2 aromatic rings. The molecule has 2 rings (SSSR count). The first kappa shape index (κ1) is 12.7. The van der Waals surface area contributed by atoms with Gasteiger partial charge in [-0.05, 0) is 36.2 Å². The molecule has 0 aliphatic heterocycles. The van der Waals surface area contributed by atoms with E-state index in [1.165, 1.54) is 6.07 Å². The first-order valence-electron chi connectivity index (χ1n) is 5.15. The van der Waals surface area contributed by atoms with E-state index in [1.54, 1.807) is 18.5 Å². The van der Waals surface area contributed by atoms with Gasteiger partial charge in [-0.1, -0.05) is 37.9 Å². The summed E-state index contributed by atoms with van der Waals surface area (Å²) in [6.45, 7) is 0. The Balaban J connectivity index is 2.17. The average Bonchev–Trinajstić information content (AvgIpc) is 2.30. The first-order chi connectivity index (χ1) is 8.16. The van der Waals surface area contributed by atoms with Crippen molar-refractivity contribution in [2.24, 2.45) is 0 Å². The molecule has 0 saturated carbocycles. The van der Waals surface area contributed by atoms with Crippen molar-refractivity contribution in [2.75, 3.05) is 0 Å². The molecule has 1 aromatic heterocycles. The number of hydrogen-bond donors (Lipinski definition) is 0. The molecule has 0 aliphatic rings. The zero-order chi connectivity index (χ0) is 12.3. The topological polar surface area (TPSA) is 12.9 Å². The Morgan fingerprint density at radius 1 is 1.18 bits per heavy atom. The van der Waals surface area contributed by atoms with Crippen LogP contribution in [0, 0.1) is 5.82 Å². The predicted molar refractivity (Wildman–Crippen MR) is 73.7 cm³/mol. The van der Waals surface area contributed by atoms with E-state index in [1.807, 2.05) is 18.2 Å². The Kier molecular flexibility index (Phi) is 4.29. The highest BCUT2D eigenvalue weighted by atomic mass is 79.9. The van der Waals surface area contributed by atoms with Crippen LogP contribution in [0.15, 0.2) is 47.2 Å². The molecule has 0 aliphatic carbocycles. The summed E-state index contributed by atoms with van der Waals surface area (Å²) in [5.41, 5.74) is 1.80. The van der Waals surface area contributed by atoms with Crippen LogP contribution < -0.4 is 0 Å². The van der Waals surface area contributed by atoms with E-state index in [0.29, 0.717) is 5.56 Å². The average molecular weight is 359 g/mol. The van der Waals surface area contributed by atoms with Crippen LogP contribution in [0.4, 0.5) is 4.39 Å². The van der Waals surface area contributed by atoms with Gasteiger partial charge in [0.1, 0.15) is 5.82 Å². The molecule has 17 heavy (non-hydrogen) atoms. The standard InChI is InChI=1S/C13H10Br2FN/c14-10-1-2-11(13(16)8-10)12(15)7-9-3-5-17-6-4-9/h1-6,8,12H,7H2. The van der Waals surface area contributed by atoms with Crippen molar-refractivity contribution in [1.82, 2.24) is 4.98 Å². The largest absolute Gasteiger partial charge is 0.265 e. The molecule has 0 fully saturated rings. The molecule has 1 nitrogen and oxygen atoms in total. The minimum Gasteiger partial charge on any atom is -0.265 e. The fourth-order valence-electron chi connectivity index (χ4n) is 1.59. The highest BCUT2D eigenvalue weighted by Crippen LogP contribution is 2.30. The number of hydrogen-bond acceptors (Lipinski definition) is 1. The van der Waals surface area contributed by atoms with Gasteiger partial charge >= 0.3 is 0 Å². The van der Waals surface area contributed by atoms with Gasteiger partial charge in [-0.15, -0.1) is 0 Å². The minimum absolute atomic E-state index is 0.0296. The van der Waals surface area contributed by atoms with Crippen LogP contribution in [0.2, 0.25) is 0 Å². The SMILES string of the molecule is Fc1cc(Br)ccc1C(Br)Cc1ccncc1. The zero-order valence-electron chi connectivity index (χ0n) is 8.91. The van der Waals surface area contributed by atoms with Gasteiger partial charge in [-0.25, -0.2) is 4.39 Å². The Labute approximate surface area is 116 Å². The van der Waals surface area contributed by atoms with E-state index in [2.05, 4.69) is 36.8 Å². The number of nitrogens with zero attached hydrogens (tertiary/aromatic N) is 1. The quantitative estimate of drug-likeness (QED) is 0.727. The van der Waals surface area contributed by atoms with Crippen LogP contribution in [0.3, 0.4) is 0 Å². The number of pyridine rings is 1. The fourth-order valence-corrected chi connectivity index (χ4v) is 2.67. The van der Waals surface area contributed by atoms with Crippen molar-refractivity contribution in [3.05, 3.63) is 64.1 Å². The first-order valence-corrected chi connectivity index (χ1v) is 6.85. The van der Waals surface area contributed by atoms with Crippen molar-refractivity contribution in [1.29, 1.82) is 0 Å². The van der Waals surface area contributed by atoms with Crippen LogP contribution in [-0.4, -0.2) is 4.98 Å². The van der Waals surface area contributed by atoms with Crippen LogP contribution in [0.1, 0.15) is 16.0 Å². The number of benzene rings is 1. The lowest BCUT2D eigenvalue weighted by Crippen LogP contribution is -1.98. The third kappa shape index (κ3) is 3.36. The lowest BCUT2D eigenvalue weighted by atomic mass is 10.0. The smallest absolute Gasteiger partial charge is 0.128 e. The molecule has 1 heterocycles. The second kappa shape index (κ2) is 5.74. The number of alkyl halides is 1. The van der Waals surface area contributed by atoms with Gasteiger partial charge in [0.2, 0.25) is 0 Å². The maximum absolute atomic E-state index is 13.7. The van der Waals surface area contributed by atoms with Crippen molar-refractivity contribution in [3.8, 4) is 0 Å². The van der Waals surface area contributed by atoms with E-state index < -0.39 is 0 Å². The fraction of sp³-hybridized carbons (Fsp3) is 0.154. The zero-order valence-corrected chi connectivity index (χ0v) is 12.1. The molecule has 4 heteroatoms. The lowest BCUT2D eigenvalue weighted by molar-refractivity contribution is 0.607. The summed E-state index contributed by atoms with van der Waals surface area (Å²) in [7, 11) is 0. The summed E-state index contributed by atoms with van der Waals surface area (Å²) >= 11 is 6.77. The third-order valence-electron chi connectivity index (χ3n) is 2.46. The summed E-state index contributed by atoms with van der Waals surface area (Å²) < 4.78 is 14.5. The normalized spacial score (nSPS) is 12.4. The number of halogens is 3. The number of aromatic nitrogens is 1. The Morgan fingerprint density at radius 2 is 1.88 bits per heavy atom. The molecule has 0 radical (unpaired) electrons. The van der Waals surface area contributed by atoms with E-state index in [-0.39, 0.29) is 10.6 Å². The van der Waals surface area contributed by atoms with E-state index in [0.717, 1.165) is 16.5 Å². The second-order valence-corrected chi connectivity index (χ2v) is 5.71. The minimum atomic E-state index is -0.199. The van der Waals surface area contributed by atoms with Crippen molar-refractivity contribution in [3.63, 3.8) is 0 Å². The molecule has 88 valence electrons. The van der Waals surface area contributed by atoms with Crippen molar-refractivity contribution < 1.29 is 4.39 Å². The molecule has 1 unspecified atom stereocenters. The molecule has 0 bridgehead atoms. The second-order valence-electron chi connectivity index (χ2n) is 3.69. The van der Waals surface area contributed by atoms with Gasteiger partial charge in [-0.3, -0.25) is 4.98 Å². The predicted octanol–water partition coefficient (Wildman–Crippen LogP) is 4.66. The van der Waals surface area contributed by atoms with Crippen molar-refractivity contribution >= 4 is 31.9 Å². The molecule has 1 aromatic carbocycles. The molecule has 0 N–H and O–H groups in total. The van der Waals surface area contributed by atoms with Gasteiger partial charge < -0.3 is 0 Å². The van der Waals surface area contributed by atoms with E-state index in [9.17, 15) is 4.39 Å². The third-order valence-corrected chi connectivity index (χ3v) is 3.77. The highest BCUT2D eigenvalue weighted by Gasteiger charge is 2.13. The van der Waals surface area contributed by atoms with Crippen LogP contribution in [-0.2, 0) is 6.42 Å². The van der Waals surface area contributed by atoms with Crippen molar-refractivity contribution in [2.45, 2.75) is 11.2 Å². The Bertz CT molecular complexity index is 502. The van der Waals surface area contributed by atoms with Crippen LogP contribution in [0.5, 0.6) is 0 Å². The summed E-state index contributed by atoms with van der Waals surface area (Å²) in [5, 5.41) is 0. The molecule has 0 saturated heterocycles. The van der Waals surface area contributed by atoms with Gasteiger partial charge in [0, 0.05) is 27.3 Å². The van der Waals surface area contributed by atoms with Gasteiger partial charge in [0.25, 0.3) is 0 Å². The maximum Gasteiger partial charge on any atom is 0.128 e. The van der Waals surface area contributed by atoms with E-state index in [4.69, 9.17) is 0 Å². The van der Waals surface area contributed by atoms with Gasteiger partial charge in [-0.2, -0.15) is 0 Å². The Hall–Kier alpha value is -0.740. The molecular weight excluding hydrogens is 349 g/mol. The number of rotatable bonds is 3. The molecule has 1 atom stereocenters. The van der Waals surface area contributed by atoms with E-state index >= 15 is 0 Å². The summed E-state index contributed by atoms with van der Waals surface area (Å²) in [6.07, 6.45) is 4.22. The van der Waals surface area contributed by atoms with Gasteiger partial charge in [0.15, 0.2) is 0 Å². The van der Waals surface area contributed by atoms with Crippen LogP contribution in [0.25, 0.3) is 0 Å². The summed E-state index contributed by atoms with van der Waals surface area (Å²) in [4.78, 5) is 3.93. The highest BCUT2D eigenvalue weighted by molar-refractivity contribution is 9.10. The van der Waals surface area contributed by atoms with Gasteiger partial charge in [0.05, 0.1) is 0 Å².